The van der Waals surface area contributed by atoms with Gasteiger partial charge in [-0.25, -0.2) is 4.79 Å². The molecule has 0 aliphatic heterocycles. The van der Waals surface area contributed by atoms with Crippen LogP contribution in [0.1, 0.15) is 72.9 Å². The average Bonchev–Trinajstić information content (AvgIpc) is 3.00. The molecule has 0 radical (unpaired) electrons. The van der Waals surface area contributed by atoms with E-state index in [1.54, 1.807) is 26.4 Å². The van der Waals surface area contributed by atoms with Crippen molar-refractivity contribution in [3.63, 3.8) is 0 Å². The molecule has 0 aliphatic rings. The van der Waals surface area contributed by atoms with Crippen LogP contribution in [0.4, 0.5) is 0 Å². The van der Waals surface area contributed by atoms with Crippen molar-refractivity contribution in [2.75, 3.05) is 40.6 Å². The van der Waals surface area contributed by atoms with Gasteiger partial charge in [-0.1, -0.05) is 37.1 Å². The zero-order chi connectivity index (χ0) is 29.0. The fourth-order valence-corrected chi connectivity index (χ4v) is 4.40. The van der Waals surface area contributed by atoms with E-state index in [1.165, 1.54) is 24.0 Å². The largest absolute Gasteiger partial charge is 0.494 e. The first-order valence-electron chi connectivity index (χ1n) is 14.9. The quantitative estimate of drug-likeness (QED) is 0.0748. The molecular weight excluding hydrogens is 516 g/mol. The maximum atomic E-state index is 12.6. The van der Waals surface area contributed by atoms with Crippen LogP contribution >= 0.6 is 0 Å². The standard InChI is InChI=1S/C35H46O6/c1-37-25-7-3-5-9-27-39-32-19-13-29(14-20-32)11-12-30-15-21-34(22-16-30)41-35(36)31-17-23-33(24-18-31)40-28-10-6-4-8-26-38-2/h13-24H,3-12,25-28H2,1-2H3. The van der Waals surface area contributed by atoms with Crippen molar-refractivity contribution in [1.29, 1.82) is 0 Å². The zero-order valence-corrected chi connectivity index (χ0v) is 24.8. The number of esters is 1. The number of aryl methyl sites for hydroxylation is 2. The number of unbranched alkanes of at least 4 members (excludes halogenated alkanes) is 6. The number of benzene rings is 3. The second-order valence-electron chi connectivity index (χ2n) is 10.2. The van der Waals surface area contributed by atoms with E-state index in [0.29, 0.717) is 17.9 Å². The van der Waals surface area contributed by atoms with Crippen LogP contribution in [0.25, 0.3) is 0 Å². The Morgan fingerprint density at radius 2 is 0.878 bits per heavy atom. The highest BCUT2D eigenvalue weighted by Gasteiger charge is 2.09. The van der Waals surface area contributed by atoms with Crippen LogP contribution in [-0.2, 0) is 22.3 Å². The highest BCUT2D eigenvalue weighted by molar-refractivity contribution is 5.91. The molecule has 3 aromatic rings. The third-order valence-corrected chi connectivity index (χ3v) is 6.87. The van der Waals surface area contributed by atoms with Gasteiger partial charge in [-0.05, 0) is 111 Å². The summed E-state index contributed by atoms with van der Waals surface area (Å²) in [5.41, 5.74) is 2.95. The van der Waals surface area contributed by atoms with Gasteiger partial charge in [0, 0.05) is 27.4 Å². The van der Waals surface area contributed by atoms with Crippen LogP contribution in [0.5, 0.6) is 17.2 Å². The Morgan fingerprint density at radius 1 is 0.488 bits per heavy atom. The lowest BCUT2D eigenvalue weighted by molar-refractivity contribution is 0.0734. The van der Waals surface area contributed by atoms with Crippen molar-refractivity contribution in [2.45, 2.75) is 64.2 Å². The molecule has 3 rings (SSSR count). The molecule has 0 saturated carbocycles. The second-order valence-corrected chi connectivity index (χ2v) is 10.2. The molecule has 0 spiro atoms. The Kier molecular flexibility index (Phi) is 15.4. The molecule has 0 aromatic heterocycles. The van der Waals surface area contributed by atoms with Crippen molar-refractivity contribution < 1.29 is 28.5 Å². The summed E-state index contributed by atoms with van der Waals surface area (Å²) in [7, 11) is 3.47. The third-order valence-electron chi connectivity index (χ3n) is 6.87. The number of hydrogen-bond acceptors (Lipinski definition) is 6. The molecule has 0 saturated heterocycles. The molecule has 0 amide bonds. The molecule has 3 aromatic carbocycles. The molecule has 6 heteroatoms. The fourth-order valence-electron chi connectivity index (χ4n) is 4.40. The van der Waals surface area contributed by atoms with Crippen molar-refractivity contribution >= 4 is 5.97 Å². The lowest BCUT2D eigenvalue weighted by Gasteiger charge is -2.09. The van der Waals surface area contributed by atoms with Gasteiger partial charge in [-0.3, -0.25) is 0 Å². The molecule has 0 fully saturated rings. The summed E-state index contributed by atoms with van der Waals surface area (Å²) >= 11 is 0. The van der Waals surface area contributed by atoms with Gasteiger partial charge in [-0.15, -0.1) is 0 Å². The molecular formula is C35H46O6. The molecule has 41 heavy (non-hydrogen) atoms. The van der Waals surface area contributed by atoms with E-state index in [4.69, 9.17) is 23.7 Å². The molecule has 0 aliphatic carbocycles. The van der Waals surface area contributed by atoms with E-state index in [-0.39, 0.29) is 5.97 Å². The molecule has 0 heterocycles. The summed E-state index contributed by atoms with van der Waals surface area (Å²) in [5, 5.41) is 0. The molecule has 0 N–H and O–H groups in total. The minimum absolute atomic E-state index is 0.379. The summed E-state index contributed by atoms with van der Waals surface area (Å²) in [4.78, 5) is 12.6. The van der Waals surface area contributed by atoms with Crippen molar-refractivity contribution in [1.82, 2.24) is 0 Å². The molecule has 0 unspecified atom stereocenters. The van der Waals surface area contributed by atoms with Gasteiger partial charge >= 0.3 is 5.97 Å². The Morgan fingerprint density at radius 3 is 1.32 bits per heavy atom. The van der Waals surface area contributed by atoms with E-state index in [9.17, 15) is 4.79 Å². The highest BCUT2D eigenvalue weighted by atomic mass is 16.5. The second kappa shape index (κ2) is 19.7. The van der Waals surface area contributed by atoms with Crippen molar-refractivity contribution in [2.24, 2.45) is 0 Å². The molecule has 222 valence electrons. The Bertz CT molecular complexity index is 1090. The number of carbonyl (C=O) groups excluding carboxylic acids is 1. The number of carbonyl (C=O) groups is 1. The van der Waals surface area contributed by atoms with Gasteiger partial charge in [0.1, 0.15) is 17.2 Å². The van der Waals surface area contributed by atoms with Crippen LogP contribution in [0.3, 0.4) is 0 Å². The monoisotopic (exact) mass is 562 g/mol. The summed E-state index contributed by atoms with van der Waals surface area (Å²) in [6.07, 6.45) is 10.7. The topological polar surface area (TPSA) is 63.2 Å². The first kappa shape index (κ1) is 32.2. The Balaban J connectivity index is 1.33. The van der Waals surface area contributed by atoms with E-state index in [0.717, 1.165) is 82.7 Å². The zero-order valence-electron chi connectivity index (χ0n) is 24.8. The summed E-state index contributed by atoms with van der Waals surface area (Å²) in [6, 6.07) is 23.2. The molecule has 0 bridgehead atoms. The highest BCUT2D eigenvalue weighted by Crippen LogP contribution is 2.19. The average molecular weight is 563 g/mol. The normalized spacial score (nSPS) is 10.9. The van der Waals surface area contributed by atoms with Crippen LogP contribution < -0.4 is 14.2 Å². The Labute approximate surface area is 245 Å². The van der Waals surface area contributed by atoms with E-state index < -0.39 is 0 Å². The van der Waals surface area contributed by atoms with Gasteiger partial charge in [0.25, 0.3) is 0 Å². The summed E-state index contributed by atoms with van der Waals surface area (Å²) in [5.74, 6) is 1.83. The Hall–Kier alpha value is -3.35. The maximum absolute atomic E-state index is 12.6. The minimum atomic E-state index is -0.379. The van der Waals surface area contributed by atoms with E-state index in [1.807, 2.05) is 48.5 Å². The lowest BCUT2D eigenvalue weighted by atomic mass is 10.0. The van der Waals surface area contributed by atoms with E-state index >= 15 is 0 Å². The number of ether oxygens (including phenoxy) is 5. The van der Waals surface area contributed by atoms with Crippen molar-refractivity contribution in [3.8, 4) is 17.2 Å². The van der Waals surface area contributed by atoms with E-state index in [2.05, 4.69) is 12.1 Å². The number of methoxy groups -OCH3 is 2. The molecule has 6 nitrogen and oxygen atoms in total. The van der Waals surface area contributed by atoms with Crippen LogP contribution in [-0.4, -0.2) is 46.6 Å². The van der Waals surface area contributed by atoms with Crippen LogP contribution in [0.2, 0.25) is 0 Å². The smallest absolute Gasteiger partial charge is 0.343 e. The number of rotatable bonds is 21. The minimum Gasteiger partial charge on any atom is -0.494 e. The third kappa shape index (κ3) is 13.2. The first-order valence-corrected chi connectivity index (χ1v) is 14.9. The predicted octanol–water partition coefficient (Wildman–Crippen LogP) is 7.86. The maximum Gasteiger partial charge on any atom is 0.343 e. The predicted molar refractivity (Wildman–Crippen MR) is 163 cm³/mol. The molecule has 0 atom stereocenters. The van der Waals surface area contributed by atoms with Gasteiger partial charge in [-0.2, -0.15) is 0 Å². The van der Waals surface area contributed by atoms with Gasteiger partial charge in [0.2, 0.25) is 0 Å². The van der Waals surface area contributed by atoms with Gasteiger partial charge < -0.3 is 23.7 Å². The lowest BCUT2D eigenvalue weighted by Crippen LogP contribution is -2.08. The number of hydrogen-bond donors (Lipinski definition) is 0. The van der Waals surface area contributed by atoms with Crippen LogP contribution in [0, 0.1) is 0 Å². The summed E-state index contributed by atoms with van der Waals surface area (Å²) in [6.45, 7) is 3.06. The first-order chi connectivity index (χ1) is 20.2. The SMILES string of the molecule is COCCCCCCOc1ccc(CCc2ccc(OC(=O)c3ccc(OCCCCCCOC)cc3)cc2)cc1. The fraction of sp³-hybridized carbons (Fsp3) is 0.457. The van der Waals surface area contributed by atoms with Gasteiger partial charge in [0.05, 0.1) is 18.8 Å². The summed E-state index contributed by atoms with van der Waals surface area (Å²) < 4.78 is 27.4. The van der Waals surface area contributed by atoms with Crippen molar-refractivity contribution in [3.05, 3.63) is 89.5 Å². The van der Waals surface area contributed by atoms with Gasteiger partial charge in [0.15, 0.2) is 0 Å². The van der Waals surface area contributed by atoms with Crippen LogP contribution in [0.15, 0.2) is 72.8 Å².